The Morgan fingerprint density at radius 2 is 1.80 bits per heavy atom. The van der Waals surface area contributed by atoms with E-state index in [1.807, 2.05) is 0 Å². The molecule has 0 aromatic carbocycles. The van der Waals surface area contributed by atoms with Crippen LogP contribution in [0.5, 0.6) is 0 Å². The van der Waals surface area contributed by atoms with Crippen molar-refractivity contribution in [3.63, 3.8) is 0 Å². The molecular weight excluding hydrogens is 62.1 g/mol. The zero-order chi connectivity index (χ0) is 3.91. The second-order valence-corrected chi connectivity index (χ2v) is 1.86. The summed E-state index contributed by atoms with van der Waals surface area (Å²) < 4.78 is 0. The van der Waals surface area contributed by atoms with Crippen LogP contribution in [0.25, 0.3) is 0 Å². The van der Waals surface area contributed by atoms with Crippen molar-refractivity contribution in [2.75, 3.05) is 0 Å². The zero-order valence-electron chi connectivity index (χ0n) is 3.20. The van der Waals surface area contributed by atoms with Gasteiger partial charge in [0.15, 0.2) is 0 Å². The molecule has 0 aromatic rings. The normalized spacial score (nSPS) is 30.0. The van der Waals surface area contributed by atoms with Gasteiger partial charge < -0.3 is 5.73 Å². The van der Waals surface area contributed by atoms with E-state index >= 15 is 0 Å². The van der Waals surface area contributed by atoms with Crippen molar-refractivity contribution in [2.24, 2.45) is 5.73 Å². The molecule has 1 fully saturated rings. The van der Waals surface area contributed by atoms with Gasteiger partial charge in [0.25, 0.3) is 0 Å². The molecule has 5 heavy (non-hydrogen) atoms. The van der Waals surface area contributed by atoms with Crippen LogP contribution < -0.4 is 5.73 Å². The summed E-state index contributed by atoms with van der Waals surface area (Å²) >= 11 is 0. The number of rotatable bonds is 0. The molecule has 1 saturated carbocycles. The van der Waals surface area contributed by atoms with Gasteiger partial charge in [-0.25, -0.2) is 0 Å². The lowest BCUT2D eigenvalue weighted by molar-refractivity contribution is 0.852. The highest BCUT2D eigenvalue weighted by Gasteiger charge is 2.31. The minimum Gasteiger partial charge on any atom is -0.325 e. The third kappa shape index (κ3) is 0.618. The van der Waals surface area contributed by atoms with Crippen molar-refractivity contribution in [2.45, 2.75) is 18.4 Å². The first-order valence-electron chi connectivity index (χ1n) is 1.85. The van der Waals surface area contributed by atoms with Crippen LogP contribution in [-0.4, -0.2) is 5.54 Å². The highest BCUT2D eigenvalue weighted by Crippen LogP contribution is 2.29. The van der Waals surface area contributed by atoms with Gasteiger partial charge in [0.1, 0.15) is 0 Å². The van der Waals surface area contributed by atoms with E-state index in [0.717, 1.165) is 12.8 Å². The maximum atomic E-state index is 5.35. The molecule has 2 N–H and O–H groups in total. The molecule has 1 heteroatoms. The molecule has 1 aliphatic rings. The first-order chi connectivity index (χ1) is 2.21. The van der Waals surface area contributed by atoms with E-state index in [1.54, 1.807) is 0 Å². The summed E-state index contributed by atoms with van der Waals surface area (Å²) in [5, 5.41) is 0. The third-order valence-electron chi connectivity index (χ3n) is 0.892. The van der Waals surface area contributed by atoms with Gasteiger partial charge in [-0.2, -0.15) is 0 Å². The van der Waals surface area contributed by atoms with Gasteiger partial charge in [-0.1, -0.05) is 0 Å². The van der Waals surface area contributed by atoms with Gasteiger partial charge in [-0.05, 0) is 19.8 Å². The quantitative estimate of drug-likeness (QED) is 0.436. The molecule has 0 unspecified atom stereocenters. The molecule has 0 atom stereocenters. The van der Waals surface area contributed by atoms with Gasteiger partial charge in [-0.15, -0.1) is 0 Å². The van der Waals surface area contributed by atoms with Crippen LogP contribution in [0.3, 0.4) is 0 Å². The van der Waals surface area contributed by atoms with Crippen LogP contribution in [0.15, 0.2) is 0 Å². The van der Waals surface area contributed by atoms with Gasteiger partial charge in [0.05, 0.1) is 0 Å². The molecule has 1 radical (unpaired) electrons. The SMILES string of the molecule is [CH2]C1(N)CC1. The number of nitrogens with two attached hydrogens (primary N) is 1. The van der Waals surface area contributed by atoms with E-state index in [2.05, 4.69) is 6.92 Å². The van der Waals surface area contributed by atoms with Crippen LogP contribution in [0, 0.1) is 6.92 Å². The minimum atomic E-state index is 0. The summed E-state index contributed by atoms with van der Waals surface area (Å²) in [6, 6.07) is 0. The second kappa shape index (κ2) is 0.548. The van der Waals surface area contributed by atoms with Crippen molar-refractivity contribution in [1.29, 1.82) is 0 Å². The molecule has 1 aliphatic carbocycles. The highest BCUT2D eigenvalue weighted by molar-refractivity contribution is 5.00. The smallest absolute Gasteiger partial charge is 0.0156 e. The predicted octanol–water partition coefficient (Wildman–Crippen LogP) is 0.312. The van der Waals surface area contributed by atoms with E-state index in [-0.39, 0.29) is 5.54 Å². The second-order valence-electron chi connectivity index (χ2n) is 1.86. The van der Waals surface area contributed by atoms with Gasteiger partial charge in [0.2, 0.25) is 0 Å². The highest BCUT2D eigenvalue weighted by atomic mass is 14.8. The summed E-state index contributed by atoms with van der Waals surface area (Å²) in [6.07, 6.45) is 2.24. The molecule has 0 amide bonds. The van der Waals surface area contributed by atoms with E-state index in [1.165, 1.54) is 0 Å². The van der Waals surface area contributed by atoms with Crippen molar-refractivity contribution in [3.05, 3.63) is 6.92 Å². The van der Waals surface area contributed by atoms with Crippen molar-refractivity contribution < 1.29 is 0 Å². The van der Waals surface area contributed by atoms with Crippen LogP contribution in [0.1, 0.15) is 12.8 Å². The van der Waals surface area contributed by atoms with Crippen molar-refractivity contribution >= 4 is 0 Å². The van der Waals surface area contributed by atoms with Crippen LogP contribution in [0.2, 0.25) is 0 Å². The standard InChI is InChI=1S/C4H8N/c1-4(5)2-3-4/h1-3,5H2. The number of hydrogen-bond donors (Lipinski definition) is 1. The minimum absolute atomic E-state index is 0. The summed E-state index contributed by atoms with van der Waals surface area (Å²) in [6.45, 7) is 3.66. The van der Waals surface area contributed by atoms with Crippen LogP contribution in [-0.2, 0) is 0 Å². The van der Waals surface area contributed by atoms with Crippen LogP contribution in [0.4, 0.5) is 0 Å². The molecule has 0 saturated heterocycles. The first kappa shape index (κ1) is 3.16. The largest absolute Gasteiger partial charge is 0.325 e. The lowest BCUT2D eigenvalue weighted by Gasteiger charge is -1.87. The number of hydrogen-bond acceptors (Lipinski definition) is 1. The fourth-order valence-electron chi connectivity index (χ4n) is 0.161. The van der Waals surface area contributed by atoms with E-state index in [4.69, 9.17) is 5.73 Å². The fourth-order valence-corrected chi connectivity index (χ4v) is 0.161. The summed E-state index contributed by atoms with van der Waals surface area (Å²) in [5.41, 5.74) is 5.35. The topological polar surface area (TPSA) is 26.0 Å². The average molecular weight is 70.1 g/mol. The van der Waals surface area contributed by atoms with Gasteiger partial charge >= 0.3 is 0 Å². The van der Waals surface area contributed by atoms with Crippen molar-refractivity contribution in [3.8, 4) is 0 Å². The molecule has 0 spiro atoms. The molecule has 0 heterocycles. The Balaban J connectivity index is 2.38. The Labute approximate surface area is 32.2 Å². The molecular formula is C4H8N. The first-order valence-corrected chi connectivity index (χ1v) is 1.85. The lowest BCUT2D eigenvalue weighted by Crippen LogP contribution is -2.15. The molecule has 1 rings (SSSR count). The predicted molar refractivity (Wildman–Crippen MR) is 21.5 cm³/mol. The van der Waals surface area contributed by atoms with Gasteiger partial charge in [-0.3, -0.25) is 0 Å². The molecule has 0 aromatic heterocycles. The Hall–Kier alpha value is -0.0400. The third-order valence-corrected chi connectivity index (χ3v) is 0.892. The molecule has 29 valence electrons. The molecule has 1 nitrogen and oxygen atoms in total. The Morgan fingerprint density at radius 3 is 1.80 bits per heavy atom. The molecule has 0 aliphatic heterocycles. The summed E-state index contributed by atoms with van der Waals surface area (Å²) in [5.74, 6) is 0. The lowest BCUT2D eigenvalue weighted by atomic mass is 10.4. The maximum absolute atomic E-state index is 5.35. The summed E-state index contributed by atoms with van der Waals surface area (Å²) in [7, 11) is 0. The monoisotopic (exact) mass is 70.1 g/mol. The van der Waals surface area contributed by atoms with Crippen LogP contribution >= 0.6 is 0 Å². The maximum Gasteiger partial charge on any atom is 0.0156 e. The Morgan fingerprint density at radius 1 is 1.60 bits per heavy atom. The average Bonchev–Trinajstić information content (AvgIpc) is 1.76. The van der Waals surface area contributed by atoms with E-state index in [9.17, 15) is 0 Å². The zero-order valence-corrected chi connectivity index (χ0v) is 3.20. The Kier molecular flexibility index (Phi) is 0.346. The fraction of sp³-hybridized carbons (Fsp3) is 0.750. The van der Waals surface area contributed by atoms with Crippen molar-refractivity contribution in [1.82, 2.24) is 0 Å². The summed E-state index contributed by atoms with van der Waals surface area (Å²) in [4.78, 5) is 0. The van der Waals surface area contributed by atoms with E-state index in [0.29, 0.717) is 0 Å². The van der Waals surface area contributed by atoms with Gasteiger partial charge in [0, 0.05) is 5.54 Å². The Bertz CT molecular complexity index is 41.6. The molecule has 0 bridgehead atoms. The van der Waals surface area contributed by atoms with E-state index < -0.39 is 0 Å².